The normalized spacial score (nSPS) is 16.1. The van der Waals surface area contributed by atoms with Gasteiger partial charge in [-0.2, -0.15) is 4.31 Å². The molecule has 0 spiro atoms. The Bertz CT molecular complexity index is 1590. The molecule has 2 aliphatic rings. The molecule has 0 bridgehead atoms. The van der Waals surface area contributed by atoms with Gasteiger partial charge in [-0.3, -0.25) is 9.59 Å². The highest BCUT2D eigenvalue weighted by Crippen LogP contribution is 2.23. The Morgan fingerprint density at radius 2 is 1.52 bits per heavy atom. The van der Waals surface area contributed by atoms with Crippen molar-refractivity contribution in [3.63, 3.8) is 0 Å². The molecule has 1 N–H and O–H groups in total. The van der Waals surface area contributed by atoms with Crippen LogP contribution in [-0.2, 0) is 39.0 Å². The SMILES string of the molecule is O=C(NCCC1=CCCCC1)C(Cc1ccccc1)N(Cc1ccc(F)cc1)C(=O)CCc1ccc(S(=O)(=O)N2CCCC2)cc1. The summed E-state index contributed by atoms with van der Waals surface area (Å²) in [5.41, 5.74) is 3.86. The minimum absolute atomic E-state index is 0.130. The van der Waals surface area contributed by atoms with Crippen molar-refractivity contribution in [3.8, 4) is 0 Å². The third kappa shape index (κ3) is 9.13. The van der Waals surface area contributed by atoms with Gasteiger partial charge < -0.3 is 10.2 Å². The number of aryl methyl sites for hydroxylation is 1. The molecule has 0 aromatic heterocycles. The molecule has 1 unspecified atom stereocenters. The summed E-state index contributed by atoms with van der Waals surface area (Å²) in [6.07, 6.45) is 10.2. The van der Waals surface area contributed by atoms with Crippen LogP contribution in [0.1, 0.15) is 68.1 Å². The van der Waals surface area contributed by atoms with Gasteiger partial charge in [0.1, 0.15) is 11.9 Å². The van der Waals surface area contributed by atoms with E-state index in [0.717, 1.165) is 48.8 Å². The summed E-state index contributed by atoms with van der Waals surface area (Å²) in [7, 11) is -3.52. The van der Waals surface area contributed by atoms with E-state index in [0.29, 0.717) is 32.5 Å². The quantitative estimate of drug-likeness (QED) is 0.212. The molecule has 0 saturated carbocycles. The Hall–Kier alpha value is -3.82. The standard InChI is InChI=1S/C37H44FN3O4S/c38-33-18-13-32(14-19-33)28-41(36(42)22-17-30-15-20-34(21-16-30)46(44,45)40-25-7-8-26-40)35(27-31-11-5-2-6-12-31)37(43)39-24-23-29-9-3-1-4-10-29/h2,5-6,9,11-16,18-21,35H,1,3-4,7-8,10,17,22-28H2,(H,39,43). The molecule has 1 atom stereocenters. The van der Waals surface area contributed by atoms with Crippen LogP contribution in [0.15, 0.2) is 95.4 Å². The summed E-state index contributed by atoms with van der Waals surface area (Å²) >= 11 is 0. The number of amides is 2. The number of halogens is 1. The lowest BCUT2D eigenvalue weighted by molar-refractivity contribution is -0.141. The van der Waals surface area contributed by atoms with Crippen molar-refractivity contribution in [2.75, 3.05) is 19.6 Å². The molecule has 3 aromatic rings. The average Bonchev–Trinajstić information content (AvgIpc) is 3.64. The van der Waals surface area contributed by atoms with Gasteiger partial charge in [0.15, 0.2) is 0 Å². The van der Waals surface area contributed by atoms with Crippen LogP contribution in [0.3, 0.4) is 0 Å². The largest absolute Gasteiger partial charge is 0.354 e. The molecular formula is C37H44FN3O4S. The van der Waals surface area contributed by atoms with E-state index in [-0.39, 0.29) is 35.5 Å². The van der Waals surface area contributed by atoms with Crippen molar-refractivity contribution in [2.45, 2.75) is 81.7 Å². The molecule has 46 heavy (non-hydrogen) atoms. The molecule has 0 radical (unpaired) electrons. The minimum atomic E-state index is -3.52. The van der Waals surface area contributed by atoms with E-state index in [1.54, 1.807) is 41.3 Å². The van der Waals surface area contributed by atoms with Crippen LogP contribution in [-0.4, -0.2) is 55.1 Å². The third-order valence-corrected chi connectivity index (χ3v) is 10.8. The van der Waals surface area contributed by atoms with Gasteiger partial charge in [-0.25, -0.2) is 12.8 Å². The van der Waals surface area contributed by atoms with E-state index in [1.165, 1.54) is 34.9 Å². The van der Waals surface area contributed by atoms with Gasteiger partial charge in [-0.05, 0) is 92.3 Å². The zero-order valence-corrected chi connectivity index (χ0v) is 27.2. The van der Waals surface area contributed by atoms with Crippen LogP contribution < -0.4 is 5.32 Å². The number of nitrogens with zero attached hydrogens (tertiary/aromatic N) is 2. The molecule has 244 valence electrons. The van der Waals surface area contributed by atoms with Gasteiger partial charge in [0.2, 0.25) is 21.8 Å². The van der Waals surface area contributed by atoms with E-state index in [9.17, 15) is 22.4 Å². The minimum Gasteiger partial charge on any atom is -0.354 e. The summed E-state index contributed by atoms with van der Waals surface area (Å²) in [6.45, 7) is 1.74. The smallest absolute Gasteiger partial charge is 0.243 e. The summed E-state index contributed by atoms with van der Waals surface area (Å²) in [5, 5.41) is 3.10. The number of benzene rings is 3. The molecule has 1 heterocycles. The fourth-order valence-corrected chi connectivity index (χ4v) is 7.75. The van der Waals surface area contributed by atoms with Crippen molar-refractivity contribution >= 4 is 21.8 Å². The molecule has 1 fully saturated rings. The van der Waals surface area contributed by atoms with Crippen molar-refractivity contribution in [2.24, 2.45) is 0 Å². The van der Waals surface area contributed by atoms with Gasteiger partial charge in [-0.15, -0.1) is 0 Å². The van der Waals surface area contributed by atoms with Crippen molar-refractivity contribution in [3.05, 3.63) is 113 Å². The van der Waals surface area contributed by atoms with Gasteiger partial charge in [0, 0.05) is 39.0 Å². The number of rotatable bonds is 14. The van der Waals surface area contributed by atoms with Crippen LogP contribution >= 0.6 is 0 Å². The summed E-state index contributed by atoms with van der Waals surface area (Å²) in [6, 6.07) is 21.6. The first-order chi connectivity index (χ1) is 22.3. The van der Waals surface area contributed by atoms with Crippen LogP contribution in [0.4, 0.5) is 4.39 Å². The average molecular weight is 646 g/mol. The third-order valence-electron chi connectivity index (χ3n) is 8.92. The first-order valence-corrected chi connectivity index (χ1v) is 17.9. The second-order valence-electron chi connectivity index (χ2n) is 12.3. The van der Waals surface area contributed by atoms with Crippen molar-refractivity contribution in [1.29, 1.82) is 0 Å². The Labute approximate surface area is 272 Å². The molecule has 3 aromatic carbocycles. The highest BCUT2D eigenvalue weighted by molar-refractivity contribution is 7.89. The summed E-state index contributed by atoms with van der Waals surface area (Å²) in [4.78, 5) is 29.7. The second kappa shape index (κ2) is 16.1. The number of carbonyl (C=O) groups is 2. The molecule has 1 saturated heterocycles. The zero-order valence-electron chi connectivity index (χ0n) is 26.4. The van der Waals surface area contributed by atoms with E-state index < -0.39 is 16.1 Å². The number of hydrogen-bond donors (Lipinski definition) is 1. The van der Waals surface area contributed by atoms with Gasteiger partial charge >= 0.3 is 0 Å². The van der Waals surface area contributed by atoms with E-state index in [2.05, 4.69) is 11.4 Å². The molecule has 9 heteroatoms. The van der Waals surface area contributed by atoms with Crippen molar-refractivity contribution < 1.29 is 22.4 Å². The number of sulfonamides is 1. The number of carbonyl (C=O) groups excluding carboxylic acids is 2. The van der Waals surface area contributed by atoms with Crippen LogP contribution in [0, 0.1) is 5.82 Å². The predicted octanol–water partition coefficient (Wildman–Crippen LogP) is 6.19. The van der Waals surface area contributed by atoms with Crippen LogP contribution in [0.25, 0.3) is 0 Å². The van der Waals surface area contributed by atoms with Crippen molar-refractivity contribution in [1.82, 2.24) is 14.5 Å². The summed E-state index contributed by atoms with van der Waals surface area (Å²) < 4.78 is 41.2. The molecule has 5 rings (SSSR count). The Morgan fingerprint density at radius 3 is 2.20 bits per heavy atom. The maximum absolute atomic E-state index is 14.0. The van der Waals surface area contributed by atoms with Gasteiger partial charge in [0.05, 0.1) is 4.90 Å². The fraction of sp³-hybridized carbons (Fsp3) is 0.405. The van der Waals surface area contributed by atoms with Gasteiger partial charge in [0.25, 0.3) is 0 Å². The number of hydrogen-bond acceptors (Lipinski definition) is 4. The Balaban J connectivity index is 1.33. The lowest BCUT2D eigenvalue weighted by Gasteiger charge is -2.32. The van der Waals surface area contributed by atoms with Crippen LogP contribution in [0.2, 0.25) is 0 Å². The highest BCUT2D eigenvalue weighted by Gasteiger charge is 2.31. The van der Waals surface area contributed by atoms with E-state index in [1.807, 2.05) is 30.3 Å². The monoisotopic (exact) mass is 645 g/mol. The van der Waals surface area contributed by atoms with Crippen LogP contribution in [0.5, 0.6) is 0 Å². The van der Waals surface area contributed by atoms with E-state index in [4.69, 9.17) is 0 Å². The Morgan fingerprint density at radius 1 is 0.826 bits per heavy atom. The maximum Gasteiger partial charge on any atom is 0.243 e. The van der Waals surface area contributed by atoms with Gasteiger partial charge in [-0.1, -0.05) is 66.2 Å². The topological polar surface area (TPSA) is 86.8 Å². The van der Waals surface area contributed by atoms with E-state index >= 15 is 0 Å². The molecular weight excluding hydrogens is 601 g/mol. The predicted molar refractivity (Wildman–Crippen MR) is 178 cm³/mol. The Kier molecular flexibility index (Phi) is 11.8. The lowest BCUT2D eigenvalue weighted by Crippen LogP contribution is -2.50. The number of allylic oxidation sites excluding steroid dienone is 1. The first kappa shape index (κ1) is 33.5. The molecule has 1 aliphatic carbocycles. The fourth-order valence-electron chi connectivity index (χ4n) is 6.24. The zero-order chi connectivity index (χ0) is 32.4. The lowest BCUT2D eigenvalue weighted by atomic mass is 9.97. The second-order valence-corrected chi connectivity index (χ2v) is 14.2. The molecule has 1 aliphatic heterocycles. The number of nitrogens with one attached hydrogen (secondary N) is 1. The highest BCUT2D eigenvalue weighted by atomic mass is 32.2. The summed E-state index contributed by atoms with van der Waals surface area (Å²) in [5.74, 6) is -0.788. The first-order valence-electron chi connectivity index (χ1n) is 16.4. The maximum atomic E-state index is 14.0. The molecule has 7 nitrogen and oxygen atoms in total. The molecule has 2 amide bonds.